The van der Waals surface area contributed by atoms with E-state index < -0.39 is 5.82 Å². The van der Waals surface area contributed by atoms with E-state index in [0.29, 0.717) is 32.8 Å². The molecule has 0 bridgehead atoms. The van der Waals surface area contributed by atoms with Crippen molar-refractivity contribution in [3.05, 3.63) is 82.4 Å². The van der Waals surface area contributed by atoms with Crippen LogP contribution in [0.2, 0.25) is 5.02 Å². The molecule has 3 aromatic carbocycles. The number of aromatic hydroxyl groups is 1. The highest BCUT2D eigenvalue weighted by Crippen LogP contribution is 2.35. The van der Waals surface area contributed by atoms with E-state index in [9.17, 15) is 14.3 Å². The number of carbonyl (C=O) groups is 1. The van der Waals surface area contributed by atoms with Gasteiger partial charge in [0.05, 0.1) is 18.0 Å². The topological polar surface area (TPSA) is 81.5 Å². The fraction of sp³-hybridized carbons (Fsp3) is 0.160. The molecule has 4 aromatic rings. The van der Waals surface area contributed by atoms with E-state index in [4.69, 9.17) is 21.1 Å². The monoisotopic (exact) mass is 466 g/mol. The molecule has 0 spiro atoms. The summed E-state index contributed by atoms with van der Waals surface area (Å²) in [5.74, 6) is 0.340. The number of hydrogen-bond donors (Lipinski definition) is 1. The van der Waals surface area contributed by atoms with E-state index in [1.807, 2.05) is 6.92 Å². The Kier molecular flexibility index (Phi) is 6.42. The average molecular weight is 467 g/mol. The minimum Gasteiger partial charge on any atom is -0.504 e. The van der Waals surface area contributed by atoms with Gasteiger partial charge in [-0.05, 0) is 42.3 Å². The fourth-order valence-electron chi connectivity index (χ4n) is 3.47. The van der Waals surface area contributed by atoms with Crippen LogP contribution in [-0.2, 0) is 17.6 Å². The van der Waals surface area contributed by atoms with Crippen molar-refractivity contribution in [2.24, 2.45) is 0 Å². The Labute approximate surface area is 194 Å². The second kappa shape index (κ2) is 9.42. The Morgan fingerprint density at radius 2 is 1.85 bits per heavy atom. The Morgan fingerprint density at radius 1 is 1.06 bits per heavy atom. The van der Waals surface area contributed by atoms with Gasteiger partial charge in [0.2, 0.25) is 5.88 Å². The third kappa shape index (κ3) is 5.04. The van der Waals surface area contributed by atoms with E-state index in [-0.39, 0.29) is 36.0 Å². The Hall–Kier alpha value is -3.71. The quantitative estimate of drug-likeness (QED) is 0.382. The first-order valence-electron chi connectivity index (χ1n) is 10.1. The Balaban J connectivity index is 1.52. The highest BCUT2D eigenvalue weighted by atomic mass is 35.5. The molecule has 0 saturated heterocycles. The number of ketones is 1. The second-order valence-corrected chi connectivity index (χ2v) is 7.97. The highest BCUT2D eigenvalue weighted by Gasteiger charge is 2.14. The molecule has 0 amide bonds. The van der Waals surface area contributed by atoms with Crippen LogP contribution in [0.15, 0.2) is 54.9 Å². The lowest BCUT2D eigenvalue weighted by molar-refractivity contribution is -0.117. The van der Waals surface area contributed by atoms with Crippen LogP contribution in [0.25, 0.3) is 10.9 Å². The largest absolute Gasteiger partial charge is 0.504 e. The number of Topliss-reactive ketones (excluding diaryl/α,β-unsaturated/α-hetero) is 1. The Bertz CT molecular complexity index is 1360. The molecular formula is C25H20ClFN2O4. The van der Waals surface area contributed by atoms with Crippen LogP contribution >= 0.6 is 11.6 Å². The van der Waals surface area contributed by atoms with Gasteiger partial charge in [0.25, 0.3) is 0 Å². The lowest BCUT2D eigenvalue weighted by Crippen LogP contribution is -2.08. The second-order valence-electron chi connectivity index (χ2n) is 7.56. The van der Waals surface area contributed by atoms with Gasteiger partial charge in [-0.15, -0.1) is 0 Å². The van der Waals surface area contributed by atoms with Crippen molar-refractivity contribution in [2.45, 2.75) is 19.8 Å². The number of aromatic nitrogens is 2. The van der Waals surface area contributed by atoms with Gasteiger partial charge in [-0.1, -0.05) is 35.4 Å². The van der Waals surface area contributed by atoms with Gasteiger partial charge in [-0.2, -0.15) is 0 Å². The number of hydrogen-bond acceptors (Lipinski definition) is 6. The van der Waals surface area contributed by atoms with Gasteiger partial charge in [0.15, 0.2) is 11.5 Å². The fourth-order valence-corrected chi connectivity index (χ4v) is 3.70. The summed E-state index contributed by atoms with van der Waals surface area (Å²) in [6, 6.07) is 12.7. The molecule has 0 atom stereocenters. The first-order valence-corrected chi connectivity index (χ1v) is 10.5. The Morgan fingerprint density at radius 3 is 2.61 bits per heavy atom. The molecule has 1 heterocycles. The van der Waals surface area contributed by atoms with E-state index in [1.54, 1.807) is 36.4 Å². The molecule has 0 saturated carbocycles. The standard InChI is InChI=1S/C25H20ClFN2O4/c1-14-3-6-21(27)16(7-14)9-17(30)8-15-4-5-18(10-20(15)26)33-25-19-11-24(32-2)23(31)12-22(19)28-13-29-25/h3-7,10-13,31H,8-9H2,1-2H3. The van der Waals surface area contributed by atoms with Crippen LogP contribution in [0.5, 0.6) is 23.1 Å². The summed E-state index contributed by atoms with van der Waals surface area (Å²) in [4.78, 5) is 20.8. The minimum atomic E-state index is -0.397. The molecule has 168 valence electrons. The molecule has 0 fully saturated rings. The number of phenols is 1. The van der Waals surface area contributed by atoms with Crippen LogP contribution in [0.3, 0.4) is 0 Å². The van der Waals surface area contributed by atoms with Gasteiger partial charge in [0.1, 0.15) is 23.7 Å². The summed E-state index contributed by atoms with van der Waals surface area (Å²) in [6.45, 7) is 1.85. The van der Waals surface area contributed by atoms with Crippen molar-refractivity contribution in [2.75, 3.05) is 7.11 Å². The van der Waals surface area contributed by atoms with E-state index in [2.05, 4.69) is 9.97 Å². The van der Waals surface area contributed by atoms with E-state index in [1.165, 1.54) is 25.6 Å². The third-order valence-corrected chi connectivity index (χ3v) is 5.47. The number of carbonyl (C=O) groups excluding carboxylic acids is 1. The van der Waals surface area contributed by atoms with Gasteiger partial charge in [-0.3, -0.25) is 4.79 Å². The maximum atomic E-state index is 14.0. The molecule has 1 N–H and O–H groups in total. The highest BCUT2D eigenvalue weighted by molar-refractivity contribution is 6.31. The average Bonchev–Trinajstić information content (AvgIpc) is 2.78. The number of halogens is 2. The summed E-state index contributed by atoms with van der Waals surface area (Å²) >= 11 is 6.39. The molecule has 1 aromatic heterocycles. The number of ether oxygens (including phenoxy) is 2. The first kappa shape index (κ1) is 22.5. The molecule has 8 heteroatoms. The first-order chi connectivity index (χ1) is 15.8. The summed E-state index contributed by atoms with van der Waals surface area (Å²) in [5.41, 5.74) is 2.35. The van der Waals surface area contributed by atoms with Crippen LogP contribution in [0.4, 0.5) is 4.39 Å². The number of phenolic OH excluding ortho intramolecular Hbond substituents is 1. The zero-order valence-electron chi connectivity index (χ0n) is 17.9. The summed E-state index contributed by atoms with van der Waals surface area (Å²) in [6.07, 6.45) is 1.38. The lowest BCUT2D eigenvalue weighted by atomic mass is 10.0. The van der Waals surface area contributed by atoms with E-state index >= 15 is 0 Å². The van der Waals surface area contributed by atoms with Crippen LogP contribution in [0.1, 0.15) is 16.7 Å². The van der Waals surface area contributed by atoms with Gasteiger partial charge >= 0.3 is 0 Å². The summed E-state index contributed by atoms with van der Waals surface area (Å²) < 4.78 is 25.0. The van der Waals surface area contributed by atoms with Crippen LogP contribution < -0.4 is 9.47 Å². The van der Waals surface area contributed by atoms with Crippen molar-refractivity contribution in [1.82, 2.24) is 9.97 Å². The number of methoxy groups -OCH3 is 1. The van der Waals surface area contributed by atoms with Crippen LogP contribution in [0, 0.1) is 12.7 Å². The maximum Gasteiger partial charge on any atom is 0.230 e. The minimum absolute atomic E-state index is 0.0102. The number of aryl methyl sites for hydroxylation is 1. The molecule has 0 unspecified atom stereocenters. The molecule has 33 heavy (non-hydrogen) atoms. The van der Waals surface area contributed by atoms with Crippen LogP contribution in [-0.4, -0.2) is 28.0 Å². The molecular weight excluding hydrogens is 447 g/mol. The zero-order chi connectivity index (χ0) is 23.5. The predicted molar refractivity (Wildman–Crippen MR) is 123 cm³/mol. The van der Waals surface area contributed by atoms with Crippen molar-refractivity contribution in [3.63, 3.8) is 0 Å². The van der Waals surface area contributed by atoms with Crippen molar-refractivity contribution in [3.8, 4) is 23.1 Å². The van der Waals surface area contributed by atoms with Crippen molar-refractivity contribution in [1.29, 1.82) is 0 Å². The number of rotatable bonds is 7. The number of nitrogens with zero attached hydrogens (tertiary/aromatic N) is 2. The molecule has 0 aliphatic carbocycles. The van der Waals surface area contributed by atoms with Gasteiger partial charge in [0, 0.05) is 23.9 Å². The van der Waals surface area contributed by atoms with Gasteiger partial charge < -0.3 is 14.6 Å². The van der Waals surface area contributed by atoms with Crippen molar-refractivity contribution >= 4 is 28.3 Å². The molecule has 0 radical (unpaired) electrons. The third-order valence-electron chi connectivity index (χ3n) is 5.11. The smallest absolute Gasteiger partial charge is 0.230 e. The normalized spacial score (nSPS) is 10.9. The van der Waals surface area contributed by atoms with Gasteiger partial charge in [-0.25, -0.2) is 14.4 Å². The summed E-state index contributed by atoms with van der Waals surface area (Å²) in [7, 11) is 1.44. The summed E-state index contributed by atoms with van der Waals surface area (Å²) in [5, 5.41) is 10.8. The van der Waals surface area contributed by atoms with Crippen molar-refractivity contribution < 1.29 is 23.8 Å². The zero-order valence-corrected chi connectivity index (χ0v) is 18.7. The molecule has 0 aliphatic rings. The predicted octanol–water partition coefficient (Wildman–Crippen LogP) is 5.59. The number of fused-ring (bicyclic) bond motifs is 1. The molecule has 6 nitrogen and oxygen atoms in total. The van der Waals surface area contributed by atoms with E-state index in [0.717, 1.165) is 5.56 Å². The lowest BCUT2D eigenvalue weighted by Gasteiger charge is -2.11. The molecule has 4 rings (SSSR count). The maximum absolute atomic E-state index is 14.0. The SMILES string of the molecule is COc1cc2c(Oc3ccc(CC(=O)Cc4cc(C)ccc4F)c(Cl)c3)ncnc2cc1O. The molecule has 0 aliphatic heterocycles. The number of benzene rings is 3.